The third-order valence-corrected chi connectivity index (χ3v) is 3.34. The van der Waals surface area contributed by atoms with Crippen molar-refractivity contribution in [3.63, 3.8) is 0 Å². The Morgan fingerprint density at radius 2 is 2.14 bits per heavy atom. The Hall–Kier alpha value is -0.0800. The van der Waals surface area contributed by atoms with Crippen molar-refractivity contribution in [3.05, 3.63) is 0 Å². The lowest BCUT2D eigenvalue weighted by atomic mass is 9.93. The smallest absolute Gasteiger partial charge is 0.0512 e. The van der Waals surface area contributed by atoms with Crippen LogP contribution in [0.15, 0.2) is 0 Å². The fraction of sp³-hybridized carbons (Fsp3) is 1.00. The standard InChI is InChI=1S/C12H25NO/c1-10-6-8-13(11(2)9-10)7-4-5-12(3)14/h10-12,14H,4-9H2,1-3H3. The SMILES string of the molecule is CC(O)CCCN1CCC(C)CC1C. The van der Waals surface area contributed by atoms with Crippen molar-refractivity contribution in [1.82, 2.24) is 4.90 Å². The third kappa shape index (κ3) is 3.97. The molecule has 1 fully saturated rings. The molecule has 1 saturated heterocycles. The largest absolute Gasteiger partial charge is 0.393 e. The molecule has 0 amide bonds. The molecule has 0 radical (unpaired) electrons. The Labute approximate surface area is 88.3 Å². The molecule has 84 valence electrons. The molecule has 0 aromatic heterocycles. The van der Waals surface area contributed by atoms with Gasteiger partial charge in [-0.3, -0.25) is 0 Å². The molecule has 3 unspecified atom stereocenters. The number of aliphatic hydroxyl groups excluding tert-OH is 1. The summed E-state index contributed by atoms with van der Waals surface area (Å²) in [6.07, 6.45) is 4.64. The molecule has 2 heteroatoms. The Balaban J connectivity index is 2.17. The predicted molar refractivity (Wildman–Crippen MR) is 60.3 cm³/mol. The topological polar surface area (TPSA) is 23.5 Å². The minimum Gasteiger partial charge on any atom is -0.393 e. The van der Waals surface area contributed by atoms with Gasteiger partial charge in [-0.05, 0) is 58.5 Å². The second-order valence-electron chi connectivity index (χ2n) is 5.01. The fourth-order valence-corrected chi connectivity index (χ4v) is 2.38. The van der Waals surface area contributed by atoms with Crippen LogP contribution in [0.5, 0.6) is 0 Å². The summed E-state index contributed by atoms with van der Waals surface area (Å²) in [6, 6.07) is 0.743. The lowest BCUT2D eigenvalue weighted by Crippen LogP contribution is -2.40. The van der Waals surface area contributed by atoms with Crippen molar-refractivity contribution >= 4 is 0 Å². The zero-order valence-corrected chi connectivity index (χ0v) is 9.87. The van der Waals surface area contributed by atoms with Gasteiger partial charge in [-0.2, -0.15) is 0 Å². The molecule has 14 heavy (non-hydrogen) atoms. The van der Waals surface area contributed by atoms with Gasteiger partial charge in [0.2, 0.25) is 0 Å². The van der Waals surface area contributed by atoms with Crippen LogP contribution in [-0.2, 0) is 0 Å². The van der Waals surface area contributed by atoms with Crippen molar-refractivity contribution < 1.29 is 5.11 Å². The van der Waals surface area contributed by atoms with Gasteiger partial charge in [0.1, 0.15) is 0 Å². The van der Waals surface area contributed by atoms with Crippen LogP contribution in [0.2, 0.25) is 0 Å². The highest BCUT2D eigenvalue weighted by molar-refractivity contribution is 4.76. The summed E-state index contributed by atoms with van der Waals surface area (Å²) in [7, 11) is 0. The number of nitrogens with zero attached hydrogens (tertiary/aromatic N) is 1. The lowest BCUT2D eigenvalue weighted by molar-refractivity contribution is 0.116. The van der Waals surface area contributed by atoms with E-state index in [0.717, 1.165) is 24.8 Å². The molecule has 1 aliphatic heterocycles. The summed E-state index contributed by atoms with van der Waals surface area (Å²) in [6.45, 7) is 8.98. The van der Waals surface area contributed by atoms with Gasteiger partial charge in [0.05, 0.1) is 6.10 Å². The van der Waals surface area contributed by atoms with E-state index >= 15 is 0 Å². The first-order valence-corrected chi connectivity index (χ1v) is 6.01. The maximum absolute atomic E-state index is 9.17. The third-order valence-electron chi connectivity index (χ3n) is 3.34. The van der Waals surface area contributed by atoms with Crippen molar-refractivity contribution in [1.29, 1.82) is 0 Å². The molecule has 1 rings (SSSR count). The summed E-state index contributed by atoms with van der Waals surface area (Å²) < 4.78 is 0. The molecule has 0 aliphatic carbocycles. The highest BCUT2D eigenvalue weighted by Crippen LogP contribution is 2.22. The number of likely N-dealkylation sites (tertiary alicyclic amines) is 1. The monoisotopic (exact) mass is 199 g/mol. The minimum absolute atomic E-state index is 0.131. The highest BCUT2D eigenvalue weighted by atomic mass is 16.3. The average Bonchev–Trinajstić information content (AvgIpc) is 2.08. The number of rotatable bonds is 4. The Kier molecular flexibility index (Phi) is 4.90. The highest BCUT2D eigenvalue weighted by Gasteiger charge is 2.21. The van der Waals surface area contributed by atoms with Crippen molar-refractivity contribution in [2.45, 2.75) is 58.6 Å². The zero-order chi connectivity index (χ0) is 10.6. The summed E-state index contributed by atoms with van der Waals surface area (Å²) in [5.74, 6) is 0.901. The molecule has 1 heterocycles. The summed E-state index contributed by atoms with van der Waals surface area (Å²) in [4.78, 5) is 2.57. The Bertz CT molecular complexity index is 158. The van der Waals surface area contributed by atoms with E-state index in [-0.39, 0.29) is 6.10 Å². The second-order valence-corrected chi connectivity index (χ2v) is 5.01. The van der Waals surface area contributed by atoms with E-state index in [1.165, 1.54) is 25.9 Å². The van der Waals surface area contributed by atoms with E-state index < -0.39 is 0 Å². The number of aliphatic hydroxyl groups is 1. The molecule has 0 spiro atoms. The van der Waals surface area contributed by atoms with E-state index in [9.17, 15) is 5.11 Å². The van der Waals surface area contributed by atoms with Gasteiger partial charge in [-0.15, -0.1) is 0 Å². The van der Waals surface area contributed by atoms with Crippen LogP contribution < -0.4 is 0 Å². The van der Waals surface area contributed by atoms with Crippen LogP contribution in [0.4, 0.5) is 0 Å². The first-order valence-electron chi connectivity index (χ1n) is 6.01. The summed E-state index contributed by atoms with van der Waals surface area (Å²) in [5.41, 5.74) is 0. The molecular formula is C12H25NO. The van der Waals surface area contributed by atoms with Crippen LogP contribution in [0.1, 0.15) is 46.5 Å². The van der Waals surface area contributed by atoms with Crippen LogP contribution in [-0.4, -0.2) is 35.2 Å². The van der Waals surface area contributed by atoms with Crippen LogP contribution in [0, 0.1) is 5.92 Å². The molecule has 0 saturated carbocycles. The van der Waals surface area contributed by atoms with Gasteiger partial charge in [0.25, 0.3) is 0 Å². The molecule has 1 aliphatic rings. The van der Waals surface area contributed by atoms with Crippen molar-refractivity contribution in [2.24, 2.45) is 5.92 Å². The molecule has 1 N–H and O–H groups in total. The van der Waals surface area contributed by atoms with E-state index in [1.807, 2.05) is 6.92 Å². The first-order chi connectivity index (χ1) is 6.59. The number of piperidine rings is 1. The van der Waals surface area contributed by atoms with E-state index in [0.29, 0.717) is 0 Å². The maximum atomic E-state index is 9.17. The van der Waals surface area contributed by atoms with Gasteiger partial charge in [0.15, 0.2) is 0 Å². The number of hydrogen-bond donors (Lipinski definition) is 1. The molecule has 2 nitrogen and oxygen atoms in total. The van der Waals surface area contributed by atoms with Gasteiger partial charge >= 0.3 is 0 Å². The molecule has 0 aromatic carbocycles. The molecule has 3 atom stereocenters. The van der Waals surface area contributed by atoms with E-state index in [1.54, 1.807) is 0 Å². The number of hydrogen-bond acceptors (Lipinski definition) is 2. The van der Waals surface area contributed by atoms with Crippen LogP contribution in [0.25, 0.3) is 0 Å². The fourth-order valence-electron chi connectivity index (χ4n) is 2.38. The van der Waals surface area contributed by atoms with Crippen LogP contribution >= 0.6 is 0 Å². The zero-order valence-electron chi connectivity index (χ0n) is 9.87. The summed E-state index contributed by atoms with van der Waals surface area (Å²) in [5, 5.41) is 9.17. The first kappa shape index (κ1) is 12.0. The lowest BCUT2D eigenvalue weighted by Gasteiger charge is -2.36. The Morgan fingerprint density at radius 1 is 1.43 bits per heavy atom. The van der Waals surface area contributed by atoms with Gasteiger partial charge in [-0.25, -0.2) is 0 Å². The predicted octanol–water partition coefficient (Wildman–Crippen LogP) is 2.27. The van der Waals surface area contributed by atoms with Gasteiger partial charge in [-0.1, -0.05) is 6.92 Å². The van der Waals surface area contributed by atoms with E-state index in [2.05, 4.69) is 18.7 Å². The van der Waals surface area contributed by atoms with Gasteiger partial charge < -0.3 is 10.0 Å². The van der Waals surface area contributed by atoms with Gasteiger partial charge in [0, 0.05) is 6.04 Å². The summed E-state index contributed by atoms with van der Waals surface area (Å²) >= 11 is 0. The van der Waals surface area contributed by atoms with Crippen molar-refractivity contribution in [2.75, 3.05) is 13.1 Å². The average molecular weight is 199 g/mol. The maximum Gasteiger partial charge on any atom is 0.0512 e. The Morgan fingerprint density at radius 3 is 2.71 bits per heavy atom. The van der Waals surface area contributed by atoms with Crippen molar-refractivity contribution in [3.8, 4) is 0 Å². The molecule has 0 bridgehead atoms. The second kappa shape index (κ2) is 5.72. The van der Waals surface area contributed by atoms with E-state index in [4.69, 9.17) is 0 Å². The normalized spacial score (nSPS) is 31.7. The van der Waals surface area contributed by atoms with Crippen LogP contribution in [0.3, 0.4) is 0 Å². The molecular weight excluding hydrogens is 174 g/mol. The molecule has 0 aromatic rings. The quantitative estimate of drug-likeness (QED) is 0.751. The minimum atomic E-state index is -0.131.